The van der Waals surface area contributed by atoms with Gasteiger partial charge in [-0.2, -0.15) is 0 Å². The third-order valence-electron chi connectivity index (χ3n) is 2.45. The Morgan fingerprint density at radius 3 is 3.11 bits per heavy atom. The number of nitro groups is 1. The molecular weight excluding hydrogens is 258 g/mol. The van der Waals surface area contributed by atoms with Gasteiger partial charge in [-0.15, -0.1) is 0 Å². The van der Waals surface area contributed by atoms with Crippen molar-refractivity contribution < 1.29 is 4.92 Å². The second-order valence-electron chi connectivity index (χ2n) is 3.76. The largest absolute Gasteiger partial charge is 0.347 e. The number of hydrogen-bond donors (Lipinski definition) is 2. The molecule has 0 spiro atoms. The van der Waals surface area contributed by atoms with Crippen LogP contribution in [0.5, 0.6) is 0 Å². The third kappa shape index (κ3) is 3.31. The van der Waals surface area contributed by atoms with Crippen LogP contribution in [0.1, 0.15) is 5.56 Å². The topological polar surface area (TPSA) is 83.3 Å². The number of halogens is 1. The Hall–Kier alpha value is -1.86. The average Bonchev–Trinajstić information content (AvgIpc) is 2.34. The predicted molar refractivity (Wildman–Crippen MR) is 65.9 cm³/mol. The molecule has 1 fully saturated rings. The van der Waals surface area contributed by atoms with Crippen molar-refractivity contribution in [1.82, 2.24) is 20.7 Å². The fourth-order valence-corrected chi connectivity index (χ4v) is 1.75. The van der Waals surface area contributed by atoms with Crippen molar-refractivity contribution in [3.8, 4) is 0 Å². The molecule has 0 aliphatic carbocycles. The first-order valence-electron chi connectivity index (χ1n) is 5.35. The summed E-state index contributed by atoms with van der Waals surface area (Å²) in [6.07, 6.45) is 2.60. The van der Waals surface area contributed by atoms with Crippen LogP contribution < -0.4 is 10.9 Å². The molecule has 1 aliphatic rings. The number of hydrazine groups is 1. The smallest absolute Gasteiger partial charge is 0.275 e. The molecule has 2 rings (SSSR count). The maximum atomic E-state index is 10.5. The monoisotopic (exact) mass is 269 g/mol. The number of hydrogen-bond acceptors (Lipinski definition) is 6. The highest BCUT2D eigenvalue weighted by Crippen LogP contribution is 2.12. The zero-order valence-electron chi connectivity index (χ0n) is 9.47. The highest BCUT2D eigenvalue weighted by atomic mass is 35.5. The Bertz CT molecular complexity index is 462. The zero-order chi connectivity index (χ0) is 13.0. The van der Waals surface area contributed by atoms with Gasteiger partial charge in [0.05, 0.1) is 4.92 Å². The van der Waals surface area contributed by atoms with Crippen LogP contribution in [0, 0.1) is 10.1 Å². The van der Waals surface area contributed by atoms with Gasteiger partial charge in [0.15, 0.2) is 5.82 Å². The molecule has 1 saturated heterocycles. The average molecular weight is 270 g/mol. The molecule has 0 bridgehead atoms. The van der Waals surface area contributed by atoms with E-state index >= 15 is 0 Å². The van der Waals surface area contributed by atoms with E-state index < -0.39 is 4.92 Å². The molecule has 8 heteroatoms. The van der Waals surface area contributed by atoms with E-state index in [0.29, 0.717) is 30.6 Å². The molecule has 2 heterocycles. The van der Waals surface area contributed by atoms with E-state index in [1.165, 1.54) is 0 Å². The third-order valence-corrected chi connectivity index (χ3v) is 2.68. The van der Waals surface area contributed by atoms with Crippen molar-refractivity contribution in [3.05, 3.63) is 51.2 Å². The first-order chi connectivity index (χ1) is 8.65. The lowest BCUT2D eigenvalue weighted by Gasteiger charge is -2.31. The first kappa shape index (κ1) is 12.6. The molecule has 0 radical (unpaired) electrons. The van der Waals surface area contributed by atoms with Crippen molar-refractivity contribution in [1.29, 1.82) is 0 Å². The molecule has 0 unspecified atom stereocenters. The van der Waals surface area contributed by atoms with Crippen LogP contribution in [0.2, 0.25) is 5.15 Å². The maximum Gasteiger partial charge on any atom is 0.275 e. The summed E-state index contributed by atoms with van der Waals surface area (Å²) in [6.45, 7) is 1.92. The number of nitrogens with zero attached hydrogens (tertiary/aromatic N) is 3. The molecule has 0 aromatic carbocycles. The van der Waals surface area contributed by atoms with E-state index in [0.717, 1.165) is 11.8 Å². The van der Waals surface area contributed by atoms with Gasteiger partial charge in [-0.05, 0) is 11.6 Å². The standard InChI is InChI=1S/C10H12ClN5O2/c11-9-2-1-8(5-12-9)6-15-4-3-13-14-10(15)7-16(17)18/h1-2,5,7,13-14H,3-4,6H2/b10-7+. The Morgan fingerprint density at radius 2 is 2.44 bits per heavy atom. The van der Waals surface area contributed by atoms with Crippen molar-refractivity contribution in [2.45, 2.75) is 6.54 Å². The Kier molecular flexibility index (Phi) is 3.96. The molecule has 2 N–H and O–H groups in total. The van der Waals surface area contributed by atoms with Gasteiger partial charge in [0.1, 0.15) is 5.15 Å². The minimum atomic E-state index is -0.484. The number of aromatic nitrogens is 1. The zero-order valence-corrected chi connectivity index (χ0v) is 10.2. The molecule has 1 aromatic heterocycles. The van der Waals surface area contributed by atoms with E-state index in [9.17, 15) is 10.1 Å². The summed E-state index contributed by atoms with van der Waals surface area (Å²) in [5.74, 6) is 0.432. The van der Waals surface area contributed by atoms with Crippen LogP contribution >= 0.6 is 11.6 Å². The molecule has 7 nitrogen and oxygen atoms in total. The molecule has 0 atom stereocenters. The van der Waals surface area contributed by atoms with Crippen LogP contribution in [0.15, 0.2) is 30.4 Å². The summed E-state index contributed by atoms with van der Waals surface area (Å²) in [4.78, 5) is 15.9. The Balaban J connectivity index is 2.10. The van der Waals surface area contributed by atoms with Gasteiger partial charge in [-0.25, -0.2) is 10.4 Å². The van der Waals surface area contributed by atoms with Crippen molar-refractivity contribution in [2.24, 2.45) is 0 Å². The molecule has 0 amide bonds. The van der Waals surface area contributed by atoms with E-state index in [-0.39, 0.29) is 0 Å². The van der Waals surface area contributed by atoms with Gasteiger partial charge in [-0.1, -0.05) is 17.7 Å². The summed E-state index contributed by atoms with van der Waals surface area (Å²) in [5, 5.41) is 10.9. The van der Waals surface area contributed by atoms with Gasteiger partial charge in [0.2, 0.25) is 0 Å². The van der Waals surface area contributed by atoms with Crippen molar-refractivity contribution in [2.75, 3.05) is 13.1 Å². The Labute approximate surface area is 109 Å². The van der Waals surface area contributed by atoms with Crippen LogP contribution in [-0.4, -0.2) is 27.9 Å². The quantitative estimate of drug-likeness (QED) is 0.478. The summed E-state index contributed by atoms with van der Waals surface area (Å²) < 4.78 is 0. The van der Waals surface area contributed by atoms with Gasteiger partial charge < -0.3 is 10.3 Å². The highest BCUT2D eigenvalue weighted by molar-refractivity contribution is 6.29. The Morgan fingerprint density at radius 1 is 1.61 bits per heavy atom. The van der Waals surface area contributed by atoms with E-state index in [4.69, 9.17) is 11.6 Å². The molecule has 96 valence electrons. The fourth-order valence-electron chi connectivity index (χ4n) is 1.64. The fraction of sp³-hybridized carbons (Fsp3) is 0.300. The number of pyridine rings is 1. The summed E-state index contributed by atoms with van der Waals surface area (Å²) in [5.41, 5.74) is 6.59. The molecule has 0 saturated carbocycles. The summed E-state index contributed by atoms with van der Waals surface area (Å²) in [6, 6.07) is 3.55. The lowest BCUT2D eigenvalue weighted by molar-refractivity contribution is -0.405. The molecular formula is C10H12ClN5O2. The maximum absolute atomic E-state index is 10.5. The minimum Gasteiger partial charge on any atom is -0.347 e. The van der Waals surface area contributed by atoms with Crippen molar-refractivity contribution >= 4 is 11.6 Å². The van der Waals surface area contributed by atoms with Crippen molar-refractivity contribution in [3.63, 3.8) is 0 Å². The molecule has 1 aromatic rings. The second kappa shape index (κ2) is 5.65. The highest BCUT2D eigenvalue weighted by Gasteiger charge is 2.17. The van der Waals surface area contributed by atoms with Gasteiger partial charge in [-0.3, -0.25) is 10.1 Å². The summed E-state index contributed by atoms with van der Waals surface area (Å²) >= 11 is 5.70. The SMILES string of the molecule is O=[N+]([O-])/C=C1\NNCCN1Cc1ccc(Cl)nc1. The molecule has 18 heavy (non-hydrogen) atoms. The van der Waals surface area contributed by atoms with Gasteiger partial charge >= 0.3 is 0 Å². The number of nitrogens with one attached hydrogen (secondary N) is 2. The van der Waals surface area contributed by atoms with Crippen LogP contribution in [-0.2, 0) is 6.54 Å². The lowest BCUT2D eigenvalue weighted by atomic mass is 10.2. The lowest BCUT2D eigenvalue weighted by Crippen LogP contribution is -2.49. The normalized spacial score (nSPS) is 17.6. The van der Waals surface area contributed by atoms with Gasteiger partial charge in [0.25, 0.3) is 6.20 Å². The van der Waals surface area contributed by atoms with Crippen LogP contribution in [0.25, 0.3) is 0 Å². The second-order valence-corrected chi connectivity index (χ2v) is 4.15. The van der Waals surface area contributed by atoms with E-state index in [1.54, 1.807) is 12.3 Å². The van der Waals surface area contributed by atoms with Crippen LogP contribution in [0.3, 0.4) is 0 Å². The molecule has 1 aliphatic heterocycles. The minimum absolute atomic E-state index is 0.429. The number of rotatable bonds is 3. The van der Waals surface area contributed by atoms with E-state index in [1.807, 2.05) is 11.0 Å². The predicted octanol–water partition coefficient (Wildman–Crippen LogP) is 0.720. The first-order valence-corrected chi connectivity index (χ1v) is 5.72. The van der Waals surface area contributed by atoms with Crippen LogP contribution in [0.4, 0.5) is 0 Å². The van der Waals surface area contributed by atoms with E-state index in [2.05, 4.69) is 15.8 Å². The summed E-state index contributed by atoms with van der Waals surface area (Å²) in [7, 11) is 0. The van der Waals surface area contributed by atoms with Gasteiger partial charge in [0, 0.05) is 25.8 Å².